The Hall–Kier alpha value is -1.18. The van der Waals surface area contributed by atoms with E-state index >= 15 is 0 Å². The Morgan fingerprint density at radius 1 is 0.540 bits per heavy atom. The van der Waals surface area contributed by atoms with Crippen molar-refractivity contribution >= 4 is 11.9 Å². The smallest absolute Gasteiger partial charge is 0.308 e. The van der Waals surface area contributed by atoms with E-state index in [9.17, 15) is 9.59 Å². The number of carbonyl (C=O) groups is 2. The molecule has 1 spiro atoms. The van der Waals surface area contributed by atoms with Crippen LogP contribution in [0.4, 0.5) is 0 Å². The van der Waals surface area contributed by atoms with Crippen molar-refractivity contribution in [3.05, 3.63) is 0 Å². The summed E-state index contributed by atoms with van der Waals surface area (Å²) in [5.74, 6) is -0.945. The van der Waals surface area contributed by atoms with Gasteiger partial charge in [-0.05, 0) is 32.7 Å². The van der Waals surface area contributed by atoms with Gasteiger partial charge in [-0.2, -0.15) is 0 Å². The van der Waals surface area contributed by atoms with E-state index in [1.54, 1.807) is 0 Å². The van der Waals surface area contributed by atoms with E-state index in [2.05, 4.69) is 39.6 Å². The van der Waals surface area contributed by atoms with E-state index in [1.807, 2.05) is 0 Å². The van der Waals surface area contributed by atoms with Crippen LogP contribution in [0.3, 0.4) is 0 Å². The van der Waals surface area contributed by atoms with Crippen LogP contribution >= 0.6 is 0 Å². The molecule has 2 unspecified atom stereocenters. The number of carbonyl (C=O) groups excluding carboxylic acids is 2. The van der Waals surface area contributed by atoms with Gasteiger partial charge >= 0.3 is 11.9 Å². The van der Waals surface area contributed by atoms with E-state index in [0.717, 1.165) is 90.1 Å². The van der Waals surface area contributed by atoms with Crippen molar-refractivity contribution in [3.63, 3.8) is 0 Å². The van der Waals surface area contributed by atoms with Gasteiger partial charge in [0.25, 0.3) is 0 Å². The summed E-state index contributed by atoms with van der Waals surface area (Å²) in [6, 6.07) is 0. The van der Waals surface area contributed by atoms with Crippen LogP contribution in [0.15, 0.2) is 0 Å². The zero-order chi connectivity index (χ0) is 36.3. The summed E-state index contributed by atoms with van der Waals surface area (Å²) in [7, 11) is 2.13. The largest absolute Gasteiger partial charge is 0.465 e. The number of esters is 2. The summed E-state index contributed by atoms with van der Waals surface area (Å²) in [5.41, 5.74) is -0.695. The number of likely N-dealkylation sites (tertiary alicyclic amines) is 1. The minimum Gasteiger partial charge on any atom is -0.465 e. The normalized spacial score (nSPS) is 18.6. The topological polar surface area (TPSA) is 74.3 Å². The van der Waals surface area contributed by atoms with Crippen LogP contribution in [0.2, 0.25) is 0 Å². The molecule has 0 amide bonds. The van der Waals surface area contributed by atoms with Crippen molar-refractivity contribution in [1.82, 2.24) is 4.90 Å². The maximum Gasteiger partial charge on any atom is 0.308 e. The van der Waals surface area contributed by atoms with Gasteiger partial charge in [0.1, 0.15) is 13.2 Å². The first-order valence-corrected chi connectivity index (χ1v) is 21.6. The molecule has 2 aliphatic rings. The fourth-order valence-electron chi connectivity index (χ4n) is 7.53. The molecule has 2 saturated heterocycles. The average Bonchev–Trinajstić information content (AvgIpc) is 3.13. The molecule has 0 aromatic rings. The van der Waals surface area contributed by atoms with Gasteiger partial charge in [-0.25, -0.2) is 0 Å². The van der Waals surface area contributed by atoms with Crippen LogP contribution in [0, 0.1) is 17.3 Å². The Morgan fingerprint density at radius 2 is 0.860 bits per heavy atom. The Labute approximate surface area is 309 Å². The monoisotopic (exact) mass is 708 g/mol. The third-order valence-corrected chi connectivity index (χ3v) is 11.4. The second kappa shape index (κ2) is 27.4. The predicted octanol–water partition coefficient (Wildman–Crippen LogP) is 11.2. The Balaban J connectivity index is 2.08. The summed E-state index contributed by atoms with van der Waals surface area (Å²) < 4.78 is 25.4. The molecule has 2 atom stereocenters. The van der Waals surface area contributed by atoms with Crippen molar-refractivity contribution in [3.8, 4) is 0 Å². The fraction of sp³-hybridized carbons (Fsp3) is 0.953. The third kappa shape index (κ3) is 18.5. The van der Waals surface area contributed by atoms with E-state index in [0.29, 0.717) is 13.2 Å². The van der Waals surface area contributed by atoms with Crippen molar-refractivity contribution in [2.24, 2.45) is 17.3 Å². The summed E-state index contributed by atoms with van der Waals surface area (Å²) in [4.78, 5) is 29.7. The van der Waals surface area contributed by atoms with Crippen molar-refractivity contribution in [1.29, 1.82) is 0 Å². The third-order valence-electron chi connectivity index (χ3n) is 11.4. The van der Waals surface area contributed by atoms with E-state index in [-0.39, 0.29) is 37.0 Å². The highest BCUT2D eigenvalue weighted by Crippen LogP contribution is 2.38. The minimum atomic E-state index is -0.695. The van der Waals surface area contributed by atoms with Gasteiger partial charge in [0.2, 0.25) is 0 Å². The second-order valence-electron chi connectivity index (χ2n) is 16.2. The van der Waals surface area contributed by atoms with Gasteiger partial charge in [-0.1, -0.05) is 156 Å². The number of piperidine rings is 1. The van der Waals surface area contributed by atoms with E-state index in [4.69, 9.17) is 18.9 Å². The van der Waals surface area contributed by atoms with Crippen molar-refractivity contribution in [2.75, 3.05) is 46.6 Å². The number of unbranched alkanes of at least 4 members (excludes halogenated alkanes) is 16. The molecular formula is C43H81NO6. The molecule has 0 bridgehead atoms. The average molecular weight is 708 g/mol. The predicted molar refractivity (Wildman–Crippen MR) is 206 cm³/mol. The van der Waals surface area contributed by atoms with Crippen molar-refractivity contribution < 1.29 is 28.5 Å². The maximum atomic E-state index is 13.7. The van der Waals surface area contributed by atoms with Crippen LogP contribution in [0.25, 0.3) is 0 Å². The first kappa shape index (κ1) is 45.0. The lowest BCUT2D eigenvalue weighted by Crippen LogP contribution is -2.57. The fourth-order valence-corrected chi connectivity index (χ4v) is 7.53. The van der Waals surface area contributed by atoms with Crippen LogP contribution in [-0.4, -0.2) is 69.2 Å². The number of ether oxygens (including phenoxy) is 4. The van der Waals surface area contributed by atoms with E-state index in [1.165, 1.54) is 89.9 Å². The van der Waals surface area contributed by atoms with Gasteiger partial charge in [-0.15, -0.1) is 0 Å². The van der Waals surface area contributed by atoms with Crippen molar-refractivity contribution in [2.45, 2.75) is 200 Å². The zero-order valence-corrected chi connectivity index (χ0v) is 33.7. The molecule has 50 heavy (non-hydrogen) atoms. The first-order chi connectivity index (χ1) is 24.3. The zero-order valence-electron chi connectivity index (χ0n) is 33.7. The molecule has 0 saturated carbocycles. The molecule has 2 rings (SSSR count). The molecule has 0 aliphatic carbocycles. The molecule has 0 radical (unpaired) electrons. The summed E-state index contributed by atoms with van der Waals surface area (Å²) in [6.07, 6.45) is 29.0. The van der Waals surface area contributed by atoms with Crippen LogP contribution < -0.4 is 0 Å². The number of rotatable bonds is 30. The van der Waals surface area contributed by atoms with Gasteiger partial charge in [-0.3, -0.25) is 9.59 Å². The Morgan fingerprint density at radius 3 is 1.22 bits per heavy atom. The molecule has 2 aliphatic heterocycles. The number of nitrogens with zero attached hydrogens (tertiary/aromatic N) is 1. The molecule has 0 N–H and O–H groups in total. The standard InChI is InChI=1S/C43H81NO6/c1-6-10-14-18-20-24-28-38(26-22-16-12-8-3)40(45)47-34-42(36-49-43(50-37-42)30-32-44(5)33-31-43)35-48-41(46)39(27-23-17-13-9-4)29-25-21-19-15-11-7-2/h38-39H,6-37H2,1-5H3. The molecule has 2 heterocycles. The van der Waals surface area contributed by atoms with E-state index < -0.39 is 11.2 Å². The lowest BCUT2D eigenvalue weighted by Gasteiger charge is -2.48. The molecule has 2 fully saturated rings. The molecule has 0 aromatic carbocycles. The van der Waals surface area contributed by atoms with Gasteiger partial charge in [0.15, 0.2) is 5.79 Å². The highest BCUT2D eigenvalue weighted by Gasteiger charge is 2.48. The highest BCUT2D eigenvalue weighted by molar-refractivity contribution is 5.73. The number of hydrogen-bond donors (Lipinski definition) is 0. The Kier molecular flexibility index (Phi) is 24.7. The molecule has 7 nitrogen and oxygen atoms in total. The molecule has 0 aromatic heterocycles. The lowest BCUT2D eigenvalue weighted by atomic mass is 9.88. The van der Waals surface area contributed by atoms with Gasteiger partial charge < -0.3 is 23.8 Å². The second-order valence-corrected chi connectivity index (χ2v) is 16.2. The molecule has 7 heteroatoms. The molecular weight excluding hydrogens is 626 g/mol. The van der Waals surface area contributed by atoms with Gasteiger partial charge in [0.05, 0.1) is 30.5 Å². The quantitative estimate of drug-likeness (QED) is 0.0543. The summed E-state index contributed by atoms with van der Waals surface area (Å²) in [6.45, 7) is 11.9. The van der Waals surface area contributed by atoms with Crippen LogP contribution in [0.1, 0.15) is 195 Å². The lowest BCUT2D eigenvalue weighted by molar-refractivity contribution is -0.325. The molecule has 294 valence electrons. The SMILES string of the molecule is CCCCCCCCC(CCCCCC)C(=O)OCC1(COC(=O)C(CCCCCC)CCCCCCCC)COC2(CCN(C)CC2)OC1. The van der Waals surface area contributed by atoms with Crippen LogP contribution in [-0.2, 0) is 28.5 Å². The minimum absolute atomic E-state index is 0.0758. The first-order valence-electron chi connectivity index (χ1n) is 21.6. The number of hydrogen-bond acceptors (Lipinski definition) is 7. The summed E-state index contributed by atoms with van der Waals surface area (Å²) >= 11 is 0. The Bertz CT molecular complexity index is 796. The van der Waals surface area contributed by atoms with Gasteiger partial charge in [0, 0.05) is 25.9 Å². The maximum absolute atomic E-state index is 13.7. The summed E-state index contributed by atoms with van der Waals surface area (Å²) in [5, 5.41) is 0. The highest BCUT2D eigenvalue weighted by atomic mass is 16.7. The van der Waals surface area contributed by atoms with Crippen LogP contribution in [0.5, 0.6) is 0 Å².